The van der Waals surface area contributed by atoms with Gasteiger partial charge in [-0.1, -0.05) is 12.1 Å². The molecule has 0 aliphatic heterocycles. The van der Waals surface area contributed by atoms with E-state index in [0.29, 0.717) is 5.75 Å². The highest BCUT2D eigenvalue weighted by atomic mass is 16.5. The van der Waals surface area contributed by atoms with Gasteiger partial charge in [-0.2, -0.15) is 0 Å². The minimum absolute atomic E-state index is 0.0523. The number of methoxy groups -OCH3 is 1. The highest BCUT2D eigenvalue weighted by molar-refractivity contribution is 5.37. The third-order valence-electron chi connectivity index (χ3n) is 1.96. The van der Waals surface area contributed by atoms with Crippen molar-refractivity contribution < 1.29 is 14.9 Å². The van der Waals surface area contributed by atoms with Gasteiger partial charge in [0.1, 0.15) is 5.75 Å². The summed E-state index contributed by atoms with van der Waals surface area (Å²) in [6.45, 7) is 1.64. The number of ether oxygens (including phenoxy) is 1. The lowest BCUT2D eigenvalue weighted by Crippen LogP contribution is -1.96. The van der Waals surface area contributed by atoms with Crippen molar-refractivity contribution in [3.8, 4) is 5.75 Å². The number of benzene rings is 1. The first-order chi connectivity index (χ1) is 6.19. The lowest BCUT2D eigenvalue weighted by atomic mass is 10.1. The van der Waals surface area contributed by atoms with Crippen LogP contribution in [-0.4, -0.2) is 17.3 Å². The molecule has 0 amide bonds. The van der Waals surface area contributed by atoms with E-state index in [1.54, 1.807) is 32.2 Å². The van der Waals surface area contributed by atoms with Gasteiger partial charge in [0.2, 0.25) is 0 Å². The predicted octanol–water partition coefficient (Wildman–Crippen LogP) is 1.24. The summed E-state index contributed by atoms with van der Waals surface area (Å²) in [5.74, 6) is 0.612. The van der Waals surface area contributed by atoms with Gasteiger partial charge in [-0.15, -0.1) is 0 Å². The molecule has 1 unspecified atom stereocenters. The summed E-state index contributed by atoms with van der Waals surface area (Å²) in [5, 5.41) is 18.2. The molecule has 0 bridgehead atoms. The second-order valence-corrected chi connectivity index (χ2v) is 2.91. The first-order valence-corrected chi connectivity index (χ1v) is 4.14. The molecule has 1 rings (SSSR count). The van der Waals surface area contributed by atoms with E-state index in [2.05, 4.69) is 0 Å². The van der Waals surface area contributed by atoms with E-state index in [4.69, 9.17) is 9.84 Å². The van der Waals surface area contributed by atoms with Crippen LogP contribution in [0.25, 0.3) is 0 Å². The van der Waals surface area contributed by atoms with Crippen LogP contribution >= 0.6 is 0 Å². The van der Waals surface area contributed by atoms with Crippen molar-refractivity contribution in [3.63, 3.8) is 0 Å². The molecular formula is C10H14O3. The molecule has 0 spiro atoms. The first-order valence-electron chi connectivity index (χ1n) is 4.14. The van der Waals surface area contributed by atoms with E-state index in [-0.39, 0.29) is 6.61 Å². The number of aliphatic hydroxyl groups is 2. The lowest BCUT2D eigenvalue weighted by molar-refractivity contribution is 0.198. The van der Waals surface area contributed by atoms with Gasteiger partial charge in [-0.3, -0.25) is 0 Å². The van der Waals surface area contributed by atoms with Gasteiger partial charge in [-0.05, 0) is 18.6 Å². The molecule has 1 aromatic rings. The van der Waals surface area contributed by atoms with Crippen molar-refractivity contribution in [2.45, 2.75) is 19.6 Å². The van der Waals surface area contributed by atoms with Gasteiger partial charge in [0.25, 0.3) is 0 Å². The highest BCUT2D eigenvalue weighted by Crippen LogP contribution is 2.23. The maximum absolute atomic E-state index is 9.29. The smallest absolute Gasteiger partial charge is 0.124 e. The Morgan fingerprint density at radius 1 is 1.46 bits per heavy atom. The van der Waals surface area contributed by atoms with E-state index >= 15 is 0 Å². The monoisotopic (exact) mass is 182 g/mol. The maximum atomic E-state index is 9.29. The summed E-state index contributed by atoms with van der Waals surface area (Å²) in [6.07, 6.45) is -0.512. The molecule has 0 heterocycles. The molecule has 3 heteroatoms. The number of aliphatic hydroxyl groups excluding tert-OH is 2. The molecular weight excluding hydrogens is 168 g/mol. The molecule has 0 saturated heterocycles. The fourth-order valence-electron chi connectivity index (χ4n) is 1.15. The summed E-state index contributed by atoms with van der Waals surface area (Å²) < 4.78 is 5.06. The van der Waals surface area contributed by atoms with Gasteiger partial charge >= 0.3 is 0 Å². The summed E-state index contributed by atoms with van der Waals surface area (Å²) in [5.41, 5.74) is 1.51. The summed E-state index contributed by atoms with van der Waals surface area (Å²) in [4.78, 5) is 0. The third kappa shape index (κ3) is 2.20. The molecule has 0 aliphatic carbocycles. The zero-order valence-corrected chi connectivity index (χ0v) is 7.82. The molecule has 1 aromatic carbocycles. The number of hydrogen-bond donors (Lipinski definition) is 2. The first kappa shape index (κ1) is 10.0. The Labute approximate surface area is 77.6 Å². The van der Waals surface area contributed by atoms with Crippen LogP contribution in [0.15, 0.2) is 18.2 Å². The van der Waals surface area contributed by atoms with Crippen LogP contribution < -0.4 is 4.74 Å². The van der Waals surface area contributed by atoms with E-state index < -0.39 is 6.10 Å². The van der Waals surface area contributed by atoms with Crippen molar-refractivity contribution in [1.82, 2.24) is 0 Å². The number of rotatable bonds is 3. The fraction of sp³-hybridized carbons (Fsp3) is 0.400. The van der Waals surface area contributed by atoms with Gasteiger partial charge < -0.3 is 14.9 Å². The Balaban J connectivity index is 3.05. The van der Waals surface area contributed by atoms with Crippen LogP contribution in [0.2, 0.25) is 0 Å². The van der Waals surface area contributed by atoms with E-state index in [9.17, 15) is 5.11 Å². The Morgan fingerprint density at radius 3 is 2.62 bits per heavy atom. The Kier molecular flexibility index (Phi) is 3.28. The van der Waals surface area contributed by atoms with Crippen LogP contribution in [-0.2, 0) is 6.61 Å². The van der Waals surface area contributed by atoms with Gasteiger partial charge in [0.15, 0.2) is 0 Å². The average Bonchev–Trinajstić information content (AvgIpc) is 2.16. The molecule has 3 nitrogen and oxygen atoms in total. The lowest BCUT2D eigenvalue weighted by Gasteiger charge is -2.10. The Bertz CT molecular complexity index is 281. The highest BCUT2D eigenvalue weighted by Gasteiger charge is 2.06. The fourth-order valence-corrected chi connectivity index (χ4v) is 1.15. The van der Waals surface area contributed by atoms with Crippen LogP contribution in [0.1, 0.15) is 24.2 Å². The van der Waals surface area contributed by atoms with Gasteiger partial charge in [0, 0.05) is 5.56 Å². The molecule has 2 N–H and O–H groups in total. The van der Waals surface area contributed by atoms with Crippen LogP contribution in [0.4, 0.5) is 0 Å². The summed E-state index contributed by atoms with van der Waals surface area (Å²) in [6, 6.07) is 5.26. The maximum Gasteiger partial charge on any atom is 0.124 e. The van der Waals surface area contributed by atoms with Crippen molar-refractivity contribution in [3.05, 3.63) is 29.3 Å². The van der Waals surface area contributed by atoms with Gasteiger partial charge in [-0.25, -0.2) is 0 Å². The van der Waals surface area contributed by atoms with Crippen LogP contribution in [0.5, 0.6) is 5.75 Å². The molecule has 0 fully saturated rings. The van der Waals surface area contributed by atoms with Gasteiger partial charge in [0.05, 0.1) is 19.8 Å². The standard InChI is InChI=1S/C10H14O3/c1-7(12)8-3-4-9(6-11)10(5-8)13-2/h3-5,7,11-12H,6H2,1-2H3. The van der Waals surface area contributed by atoms with Crippen molar-refractivity contribution >= 4 is 0 Å². The zero-order valence-electron chi connectivity index (χ0n) is 7.82. The zero-order chi connectivity index (χ0) is 9.84. The SMILES string of the molecule is COc1cc(C(C)O)ccc1CO. The van der Waals surface area contributed by atoms with E-state index in [0.717, 1.165) is 11.1 Å². The second-order valence-electron chi connectivity index (χ2n) is 2.91. The van der Waals surface area contributed by atoms with Crippen molar-refractivity contribution in [1.29, 1.82) is 0 Å². The normalized spacial score (nSPS) is 12.6. The summed E-state index contributed by atoms with van der Waals surface area (Å²) >= 11 is 0. The minimum Gasteiger partial charge on any atom is -0.496 e. The molecule has 0 aromatic heterocycles. The average molecular weight is 182 g/mol. The molecule has 0 radical (unpaired) electrons. The predicted molar refractivity (Wildman–Crippen MR) is 49.6 cm³/mol. The minimum atomic E-state index is -0.512. The van der Waals surface area contributed by atoms with Crippen LogP contribution in [0.3, 0.4) is 0 Å². The van der Waals surface area contributed by atoms with E-state index in [1.807, 2.05) is 0 Å². The Morgan fingerprint density at radius 2 is 2.15 bits per heavy atom. The summed E-state index contributed by atoms with van der Waals surface area (Å²) in [7, 11) is 1.54. The molecule has 72 valence electrons. The molecule has 0 aliphatic rings. The topological polar surface area (TPSA) is 49.7 Å². The Hall–Kier alpha value is -1.06. The largest absolute Gasteiger partial charge is 0.496 e. The van der Waals surface area contributed by atoms with Crippen LogP contribution in [0, 0.1) is 0 Å². The van der Waals surface area contributed by atoms with Crippen molar-refractivity contribution in [2.75, 3.05) is 7.11 Å². The molecule has 1 atom stereocenters. The quantitative estimate of drug-likeness (QED) is 0.739. The molecule has 13 heavy (non-hydrogen) atoms. The third-order valence-corrected chi connectivity index (χ3v) is 1.96. The van der Waals surface area contributed by atoms with Crippen molar-refractivity contribution in [2.24, 2.45) is 0 Å². The molecule has 0 saturated carbocycles. The van der Waals surface area contributed by atoms with E-state index in [1.165, 1.54) is 0 Å². The second kappa shape index (κ2) is 4.25. The number of hydrogen-bond acceptors (Lipinski definition) is 3.